The van der Waals surface area contributed by atoms with E-state index < -0.39 is 11.6 Å². The van der Waals surface area contributed by atoms with Crippen molar-refractivity contribution >= 4 is 12.1 Å². The van der Waals surface area contributed by atoms with Gasteiger partial charge in [-0.3, -0.25) is 4.79 Å². The number of aliphatic carboxylic acids is 1. The number of likely N-dealkylation sites (tertiary alicyclic amines) is 1. The summed E-state index contributed by atoms with van der Waals surface area (Å²) in [4.78, 5) is 23.8. The maximum Gasteiger partial charge on any atom is 0.410 e. The van der Waals surface area contributed by atoms with Crippen LogP contribution in [-0.4, -0.2) is 52.8 Å². The molecule has 0 aromatic carbocycles. The molecule has 0 aromatic rings. The normalized spacial score (nSPS) is 17.8. The van der Waals surface area contributed by atoms with E-state index in [-0.39, 0.29) is 24.6 Å². The van der Waals surface area contributed by atoms with E-state index in [1.54, 1.807) is 4.90 Å². The number of nitrogens with one attached hydrogen (secondary N) is 1. The summed E-state index contributed by atoms with van der Waals surface area (Å²) in [6, 6.07) is 0.373. The smallest absolute Gasteiger partial charge is 0.410 e. The Hall–Kier alpha value is -1.30. The Kier molecular flexibility index (Phi) is 5.17. The number of rotatable bonds is 5. The van der Waals surface area contributed by atoms with E-state index in [0.29, 0.717) is 19.5 Å². The van der Waals surface area contributed by atoms with Crippen molar-refractivity contribution < 1.29 is 19.4 Å². The fourth-order valence-electron chi connectivity index (χ4n) is 1.89. The summed E-state index contributed by atoms with van der Waals surface area (Å²) in [5, 5.41) is 11.9. The largest absolute Gasteiger partial charge is 0.481 e. The lowest BCUT2D eigenvalue weighted by Gasteiger charge is -2.41. The Labute approximate surface area is 114 Å². The van der Waals surface area contributed by atoms with Gasteiger partial charge in [-0.2, -0.15) is 0 Å². The van der Waals surface area contributed by atoms with Crippen molar-refractivity contribution in [3.05, 3.63) is 0 Å². The zero-order chi connectivity index (χ0) is 14.6. The molecular weight excluding hydrogens is 248 g/mol. The molecule has 1 rings (SSSR count). The highest BCUT2D eigenvalue weighted by atomic mass is 16.6. The average molecular weight is 272 g/mol. The second-order valence-corrected chi connectivity index (χ2v) is 6.08. The second-order valence-electron chi connectivity index (χ2n) is 6.08. The number of hydrogen-bond donors (Lipinski definition) is 2. The van der Waals surface area contributed by atoms with Crippen LogP contribution in [0, 0.1) is 0 Å². The van der Waals surface area contributed by atoms with E-state index in [1.807, 2.05) is 27.7 Å². The van der Waals surface area contributed by atoms with Crippen molar-refractivity contribution in [3.8, 4) is 0 Å². The zero-order valence-corrected chi connectivity index (χ0v) is 12.1. The molecule has 2 N–H and O–H groups in total. The summed E-state index contributed by atoms with van der Waals surface area (Å²) in [6.45, 7) is 8.72. The van der Waals surface area contributed by atoms with Gasteiger partial charge in [0.15, 0.2) is 0 Å². The van der Waals surface area contributed by atoms with Crippen molar-refractivity contribution in [2.24, 2.45) is 0 Å². The summed E-state index contributed by atoms with van der Waals surface area (Å²) < 4.78 is 5.26. The molecule has 6 nitrogen and oxygen atoms in total. The number of carbonyl (C=O) groups excluding carboxylic acids is 1. The second kappa shape index (κ2) is 6.23. The monoisotopic (exact) mass is 272 g/mol. The molecule has 0 aliphatic carbocycles. The highest BCUT2D eigenvalue weighted by molar-refractivity contribution is 5.69. The minimum Gasteiger partial charge on any atom is -0.481 e. The van der Waals surface area contributed by atoms with Gasteiger partial charge in [-0.15, -0.1) is 0 Å². The molecule has 1 aliphatic rings. The van der Waals surface area contributed by atoms with Crippen LogP contribution in [0.2, 0.25) is 0 Å². The van der Waals surface area contributed by atoms with Crippen LogP contribution in [0.3, 0.4) is 0 Å². The number of nitrogens with zero attached hydrogens (tertiary/aromatic N) is 1. The van der Waals surface area contributed by atoms with Crippen molar-refractivity contribution in [3.63, 3.8) is 0 Å². The van der Waals surface area contributed by atoms with Crippen LogP contribution >= 0.6 is 0 Å². The molecule has 1 unspecified atom stereocenters. The lowest BCUT2D eigenvalue weighted by atomic mass is 10.1. The quantitative estimate of drug-likeness (QED) is 0.792. The van der Waals surface area contributed by atoms with Gasteiger partial charge in [0.25, 0.3) is 0 Å². The van der Waals surface area contributed by atoms with Gasteiger partial charge in [0, 0.05) is 31.6 Å². The molecule has 1 atom stereocenters. The predicted octanol–water partition coefficient (Wildman–Crippen LogP) is 1.45. The van der Waals surface area contributed by atoms with Crippen LogP contribution in [0.25, 0.3) is 0 Å². The van der Waals surface area contributed by atoms with Gasteiger partial charge in [0.2, 0.25) is 0 Å². The van der Waals surface area contributed by atoms with E-state index in [2.05, 4.69) is 5.32 Å². The van der Waals surface area contributed by atoms with Crippen LogP contribution in [0.5, 0.6) is 0 Å². The van der Waals surface area contributed by atoms with Crippen molar-refractivity contribution in [2.75, 3.05) is 13.1 Å². The highest BCUT2D eigenvalue weighted by Crippen LogP contribution is 2.15. The molecule has 19 heavy (non-hydrogen) atoms. The molecule has 0 bridgehead atoms. The van der Waals surface area contributed by atoms with Crippen molar-refractivity contribution in [2.45, 2.75) is 58.2 Å². The van der Waals surface area contributed by atoms with Crippen molar-refractivity contribution in [1.82, 2.24) is 10.2 Å². The molecule has 1 amide bonds. The molecule has 0 aromatic heterocycles. The summed E-state index contributed by atoms with van der Waals surface area (Å²) in [7, 11) is 0. The van der Waals surface area contributed by atoms with Crippen LogP contribution in [0.15, 0.2) is 0 Å². The first kappa shape index (κ1) is 15.8. The standard InChI is InChI=1S/C13H24N2O4/c1-9(5-6-11(16)17)14-10-7-15(8-10)12(18)19-13(2,3)4/h9-10,14H,5-8H2,1-4H3,(H,16,17). The van der Waals surface area contributed by atoms with Crippen LogP contribution < -0.4 is 5.32 Å². The van der Waals surface area contributed by atoms with Gasteiger partial charge in [0.1, 0.15) is 5.60 Å². The number of carboxylic acid groups (broad SMARTS) is 1. The Morgan fingerprint density at radius 3 is 2.47 bits per heavy atom. The zero-order valence-electron chi connectivity index (χ0n) is 12.1. The van der Waals surface area contributed by atoms with Gasteiger partial charge in [-0.25, -0.2) is 4.79 Å². The molecule has 1 aliphatic heterocycles. The number of hydrogen-bond acceptors (Lipinski definition) is 4. The highest BCUT2D eigenvalue weighted by Gasteiger charge is 2.33. The molecule has 6 heteroatoms. The average Bonchev–Trinajstić information content (AvgIpc) is 2.16. The summed E-state index contributed by atoms with van der Waals surface area (Å²) in [5.74, 6) is -0.780. The summed E-state index contributed by atoms with van der Waals surface area (Å²) in [5.41, 5.74) is -0.468. The Balaban J connectivity index is 2.19. The van der Waals surface area contributed by atoms with Crippen LogP contribution in [0.1, 0.15) is 40.5 Å². The molecule has 0 radical (unpaired) electrons. The van der Waals surface area contributed by atoms with Gasteiger partial charge in [-0.05, 0) is 34.1 Å². The number of carbonyl (C=O) groups is 2. The van der Waals surface area contributed by atoms with Crippen LogP contribution in [-0.2, 0) is 9.53 Å². The maximum atomic E-state index is 11.7. The van der Waals surface area contributed by atoms with E-state index in [1.165, 1.54) is 0 Å². The Morgan fingerprint density at radius 1 is 1.42 bits per heavy atom. The van der Waals surface area contributed by atoms with Gasteiger partial charge < -0.3 is 20.1 Å². The number of ether oxygens (including phenoxy) is 1. The van der Waals surface area contributed by atoms with Gasteiger partial charge in [-0.1, -0.05) is 0 Å². The Morgan fingerprint density at radius 2 is 2.00 bits per heavy atom. The summed E-state index contributed by atoms with van der Waals surface area (Å²) in [6.07, 6.45) is 0.471. The van der Waals surface area contributed by atoms with Gasteiger partial charge in [0.05, 0.1) is 0 Å². The third kappa shape index (κ3) is 5.92. The SMILES string of the molecule is CC(CCC(=O)O)NC1CN(C(=O)OC(C)(C)C)C1. The third-order valence-electron chi connectivity index (χ3n) is 2.84. The van der Waals surface area contributed by atoms with E-state index >= 15 is 0 Å². The molecule has 110 valence electrons. The Bertz CT molecular complexity index is 332. The summed E-state index contributed by atoms with van der Waals surface area (Å²) >= 11 is 0. The molecule has 0 saturated carbocycles. The van der Waals surface area contributed by atoms with E-state index in [4.69, 9.17) is 9.84 Å². The van der Waals surface area contributed by atoms with Crippen molar-refractivity contribution in [1.29, 1.82) is 0 Å². The molecule has 0 spiro atoms. The lowest BCUT2D eigenvalue weighted by molar-refractivity contribution is -0.137. The minimum atomic E-state index is -0.780. The maximum absolute atomic E-state index is 11.7. The first-order valence-corrected chi connectivity index (χ1v) is 6.63. The fraction of sp³-hybridized carbons (Fsp3) is 0.846. The predicted molar refractivity (Wildman–Crippen MR) is 71.1 cm³/mol. The number of amides is 1. The third-order valence-corrected chi connectivity index (χ3v) is 2.84. The fourth-order valence-corrected chi connectivity index (χ4v) is 1.89. The molecule has 1 fully saturated rings. The van der Waals surface area contributed by atoms with E-state index in [0.717, 1.165) is 0 Å². The van der Waals surface area contributed by atoms with E-state index in [9.17, 15) is 9.59 Å². The molecular formula is C13H24N2O4. The first-order chi connectivity index (χ1) is 8.67. The number of carboxylic acids is 1. The van der Waals surface area contributed by atoms with Gasteiger partial charge >= 0.3 is 12.1 Å². The first-order valence-electron chi connectivity index (χ1n) is 6.63. The lowest BCUT2D eigenvalue weighted by Crippen LogP contribution is -2.62. The molecule has 1 heterocycles. The minimum absolute atomic E-state index is 0.141. The molecule has 1 saturated heterocycles. The van der Waals surface area contributed by atoms with Crippen LogP contribution in [0.4, 0.5) is 4.79 Å². The topological polar surface area (TPSA) is 78.9 Å².